The highest BCUT2D eigenvalue weighted by atomic mass is 16.4. The molecular formula is C18H20N2O3. The molecule has 2 N–H and O–H groups in total. The van der Waals surface area contributed by atoms with Crippen LogP contribution in [0.1, 0.15) is 41.9 Å². The Morgan fingerprint density at radius 1 is 1.26 bits per heavy atom. The number of pyridine rings is 1. The third kappa shape index (κ3) is 2.79. The van der Waals surface area contributed by atoms with Crippen LogP contribution in [0.25, 0.3) is 10.9 Å². The fourth-order valence-corrected chi connectivity index (χ4v) is 2.94. The first-order valence-corrected chi connectivity index (χ1v) is 7.82. The van der Waals surface area contributed by atoms with Crippen molar-refractivity contribution < 1.29 is 14.7 Å². The van der Waals surface area contributed by atoms with Crippen LogP contribution in [0.2, 0.25) is 0 Å². The lowest BCUT2D eigenvalue weighted by Crippen LogP contribution is -2.39. The molecule has 0 spiro atoms. The first-order valence-electron chi connectivity index (χ1n) is 7.82. The lowest BCUT2D eigenvalue weighted by atomic mass is 9.93. The zero-order chi connectivity index (χ0) is 16.6. The Bertz CT molecular complexity index is 796. The molecule has 0 radical (unpaired) electrons. The molecule has 120 valence electrons. The molecule has 5 nitrogen and oxygen atoms in total. The molecule has 0 fully saturated rings. The summed E-state index contributed by atoms with van der Waals surface area (Å²) in [6.07, 6.45) is 2.73. The predicted molar refractivity (Wildman–Crippen MR) is 87.5 cm³/mol. The van der Waals surface area contributed by atoms with E-state index in [1.807, 2.05) is 24.3 Å². The molecule has 0 atom stereocenters. The van der Waals surface area contributed by atoms with Crippen molar-refractivity contribution in [2.24, 2.45) is 5.41 Å². The molecule has 1 heterocycles. The number of fused-ring (bicyclic) bond motifs is 2. The van der Waals surface area contributed by atoms with Crippen molar-refractivity contribution in [1.82, 2.24) is 10.3 Å². The summed E-state index contributed by atoms with van der Waals surface area (Å²) >= 11 is 0. The van der Waals surface area contributed by atoms with Gasteiger partial charge in [0.25, 0.3) is 5.91 Å². The third-order valence-electron chi connectivity index (χ3n) is 4.42. The number of carbonyl (C=O) groups excluding carboxylic acids is 1. The maximum Gasteiger partial charge on any atom is 0.310 e. The number of para-hydroxylation sites is 1. The van der Waals surface area contributed by atoms with E-state index in [0.29, 0.717) is 5.56 Å². The van der Waals surface area contributed by atoms with Crippen molar-refractivity contribution in [3.05, 3.63) is 41.1 Å². The van der Waals surface area contributed by atoms with Crippen LogP contribution >= 0.6 is 0 Å². The maximum atomic E-state index is 12.8. The van der Waals surface area contributed by atoms with Gasteiger partial charge in [0.05, 0.1) is 16.5 Å². The lowest BCUT2D eigenvalue weighted by molar-refractivity contribution is -0.146. The highest BCUT2D eigenvalue weighted by Crippen LogP contribution is 2.30. The highest BCUT2D eigenvalue weighted by Gasteiger charge is 2.29. The molecule has 0 saturated heterocycles. The molecule has 0 bridgehead atoms. The monoisotopic (exact) mass is 312 g/mol. The number of carbonyl (C=O) groups is 2. The summed E-state index contributed by atoms with van der Waals surface area (Å²) in [5.41, 5.74) is 2.47. The summed E-state index contributed by atoms with van der Waals surface area (Å²) in [6, 6.07) is 7.61. The maximum absolute atomic E-state index is 12.8. The van der Waals surface area contributed by atoms with E-state index in [2.05, 4.69) is 10.3 Å². The number of carboxylic acids is 1. The fourth-order valence-electron chi connectivity index (χ4n) is 2.94. The number of aromatic nitrogens is 1. The number of aliphatic carboxylic acids is 1. The molecule has 3 rings (SSSR count). The molecule has 0 saturated carbocycles. The predicted octanol–water partition coefficient (Wildman–Crippen LogP) is 2.56. The van der Waals surface area contributed by atoms with E-state index in [0.717, 1.165) is 41.4 Å². The van der Waals surface area contributed by atoms with Crippen LogP contribution in [0.3, 0.4) is 0 Å². The quantitative estimate of drug-likeness (QED) is 0.909. The van der Waals surface area contributed by atoms with Gasteiger partial charge in [-0.05, 0) is 44.7 Å². The van der Waals surface area contributed by atoms with Crippen molar-refractivity contribution in [3.63, 3.8) is 0 Å². The van der Waals surface area contributed by atoms with Crippen LogP contribution < -0.4 is 5.32 Å². The summed E-state index contributed by atoms with van der Waals surface area (Å²) in [5, 5.41) is 12.8. The van der Waals surface area contributed by atoms with Crippen molar-refractivity contribution in [3.8, 4) is 0 Å². The van der Waals surface area contributed by atoms with E-state index in [1.165, 1.54) is 0 Å². The molecule has 1 aliphatic rings. The average Bonchev–Trinajstić information content (AvgIpc) is 2.97. The number of nitrogens with zero attached hydrogens (tertiary/aromatic N) is 1. The molecular weight excluding hydrogens is 292 g/mol. The Morgan fingerprint density at radius 2 is 2.00 bits per heavy atom. The number of nitrogens with one attached hydrogen (secondary N) is 1. The standard InChI is InChI=1S/C18H20N2O3/c1-18(2,17(22)23)10-19-16(21)15-11-6-3-4-8-13(11)20-14-9-5-7-12(14)15/h3-4,6,8H,5,7,9-10H2,1-2H3,(H,19,21)(H,22,23). The first-order chi connectivity index (χ1) is 10.9. The van der Waals surface area contributed by atoms with Gasteiger partial charge >= 0.3 is 5.97 Å². The number of carboxylic acid groups (broad SMARTS) is 1. The summed E-state index contributed by atoms with van der Waals surface area (Å²) in [4.78, 5) is 28.6. The van der Waals surface area contributed by atoms with Crippen molar-refractivity contribution in [2.75, 3.05) is 6.54 Å². The largest absolute Gasteiger partial charge is 0.481 e. The molecule has 1 amide bonds. The third-order valence-corrected chi connectivity index (χ3v) is 4.42. The minimum Gasteiger partial charge on any atom is -0.481 e. The van der Waals surface area contributed by atoms with Crippen LogP contribution in [0, 0.1) is 5.41 Å². The molecule has 5 heteroatoms. The zero-order valence-electron chi connectivity index (χ0n) is 13.3. The Labute approximate surface area is 134 Å². The van der Waals surface area contributed by atoms with Crippen LogP contribution in [0.4, 0.5) is 0 Å². The molecule has 1 aromatic carbocycles. The second-order valence-electron chi connectivity index (χ2n) is 6.65. The van der Waals surface area contributed by atoms with E-state index in [9.17, 15) is 14.7 Å². The van der Waals surface area contributed by atoms with Gasteiger partial charge in [-0.2, -0.15) is 0 Å². The zero-order valence-corrected chi connectivity index (χ0v) is 13.3. The molecule has 0 unspecified atom stereocenters. The second kappa shape index (κ2) is 5.65. The molecule has 1 aliphatic carbocycles. The van der Waals surface area contributed by atoms with E-state index >= 15 is 0 Å². The minimum atomic E-state index is -0.998. The number of benzene rings is 1. The molecule has 1 aromatic heterocycles. The number of aryl methyl sites for hydroxylation is 1. The molecule has 0 aliphatic heterocycles. The van der Waals surface area contributed by atoms with Crippen LogP contribution in [-0.4, -0.2) is 28.5 Å². The molecule has 2 aromatic rings. The highest BCUT2D eigenvalue weighted by molar-refractivity contribution is 6.08. The van der Waals surface area contributed by atoms with Crippen LogP contribution in [0.15, 0.2) is 24.3 Å². The van der Waals surface area contributed by atoms with Crippen molar-refractivity contribution >= 4 is 22.8 Å². The van der Waals surface area contributed by atoms with E-state index in [4.69, 9.17) is 0 Å². The number of rotatable bonds is 4. The SMILES string of the molecule is CC(C)(CNC(=O)c1c2c(nc3ccccc13)CCC2)C(=O)O. The van der Waals surface area contributed by atoms with Gasteiger partial charge in [-0.15, -0.1) is 0 Å². The Morgan fingerprint density at radius 3 is 2.74 bits per heavy atom. The Kier molecular flexibility index (Phi) is 3.80. The van der Waals surface area contributed by atoms with Gasteiger partial charge in [-0.1, -0.05) is 18.2 Å². The van der Waals surface area contributed by atoms with Crippen LogP contribution in [-0.2, 0) is 17.6 Å². The fraction of sp³-hybridized carbons (Fsp3) is 0.389. The van der Waals surface area contributed by atoms with Gasteiger partial charge in [0, 0.05) is 17.6 Å². The van der Waals surface area contributed by atoms with Crippen LogP contribution in [0.5, 0.6) is 0 Å². The van der Waals surface area contributed by atoms with Gasteiger partial charge in [0.2, 0.25) is 0 Å². The summed E-state index contributed by atoms with van der Waals surface area (Å²) in [5.74, 6) is -1.14. The van der Waals surface area contributed by atoms with E-state index < -0.39 is 11.4 Å². The topological polar surface area (TPSA) is 79.3 Å². The van der Waals surface area contributed by atoms with Gasteiger partial charge in [-0.3, -0.25) is 14.6 Å². The summed E-state index contributed by atoms with van der Waals surface area (Å²) in [6.45, 7) is 3.29. The van der Waals surface area contributed by atoms with Gasteiger partial charge in [0.15, 0.2) is 0 Å². The number of amides is 1. The average molecular weight is 312 g/mol. The first kappa shape index (κ1) is 15.5. The van der Waals surface area contributed by atoms with Crippen molar-refractivity contribution in [2.45, 2.75) is 33.1 Å². The molecule has 23 heavy (non-hydrogen) atoms. The van der Waals surface area contributed by atoms with Crippen molar-refractivity contribution in [1.29, 1.82) is 0 Å². The Balaban J connectivity index is 1.99. The van der Waals surface area contributed by atoms with Gasteiger partial charge in [-0.25, -0.2) is 0 Å². The number of hydrogen-bond acceptors (Lipinski definition) is 3. The number of hydrogen-bond donors (Lipinski definition) is 2. The van der Waals surface area contributed by atoms with E-state index in [-0.39, 0.29) is 12.5 Å². The summed E-state index contributed by atoms with van der Waals surface area (Å²) in [7, 11) is 0. The van der Waals surface area contributed by atoms with Gasteiger partial charge in [0.1, 0.15) is 0 Å². The van der Waals surface area contributed by atoms with Gasteiger partial charge < -0.3 is 10.4 Å². The second-order valence-corrected chi connectivity index (χ2v) is 6.65. The summed E-state index contributed by atoms with van der Waals surface area (Å²) < 4.78 is 0. The van der Waals surface area contributed by atoms with E-state index in [1.54, 1.807) is 13.8 Å². The normalized spacial score (nSPS) is 13.8. The minimum absolute atomic E-state index is 0.0899. The lowest BCUT2D eigenvalue weighted by Gasteiger charge is -2.20. The smallest absolute Gasteiger partial charge is 0.310 e. The Hall–Kier alpha value is -2.43.